The Balaban J connectivity index is 1.78. The number of carbonyl (C=O) groups excluding carboxylic acids is 1. The Labute approximate surface area is 149 Å². The average Bonchev–Trinajstić information content (AvgIpc) is 3.24. The van der Waals surface area contributed by atoms with Gasteiger partial charge in [0.2, 0.25) is 5.78 Å². The van der Waals surface area contributed by atoms with Crippen LogP contribution in [0.5, 0.6) is 0 Å². The number of nitrogens with one attached hydrogen (secondary N) is 2. The standard InChI is InChI=1S/C16H10ClN5O2S/c17-10-5-2-1-4-9(10)15(24)18-12-8-13(23)19-16-20-14(21-22(12)16)11-6-3-7-25-11/h1-8H,(H,18,24)(H,19,20,21,23). The smallest absolute Gasteiger partial charge is 0.258 e. The number of amides is 1. The molecule has 9 heteroatoms. The van der Waals surface area contributed by atoms with Gasteiger partial charge in [0.25, 0.3) is 11.5 Å². The number of aromatic amines is 1. The molecule has 0 bridgehead atoms. The maximum Gasteiger partial charge on any atom is 0.258 e. The number of halogens is 1. The lowest BCUT2D eigenvalue weighted by Gasteiger charge is -2.07. The fourth-order valence-electron chi connectivity index (χ4n) is 2.32. The Bertz CT molecular complexity index is 1130. The van der Waals surface area contributed by atoms with E-state index in [1.165, 1.54) is 21.9 Å². The summed E-state index contributed by atoms with van der Waals surface area (Å²) in [6.07, 6.45) is 0. The van der Waals surface area contributed by atoms with Crippen LogP contribution in [0.1, 0.15) is 10.4 Å². The molecule has 1 amide bonds. The quantitative estimate of drug-likeness (QED) is 0.579. The molecule has 2 N–H and O–H groups in total. The summed E-state index contributed by atoms with van der Waals surface area (Å²) < 4.78 is 1.38. The summed E-state index contributed by atoms with van der Waals surface area (Å²) >= 11 is 7.52. The molecule has 0 unspecified atom stereocenters. The molecule has 0 radical (unpaired) electrons. The third-order valence-electron chi connectivity index (χ3n) is 3.44. The zero-order valence-electron chi connectivity index (χ0n) is 12.6. The molecule has 0 fully saturated rings. The van der Waals surface area contributed by atoms with Crippen LogP contribution in [0.2, 0.25) is 5.02 Å². The van der Waals surface area contributed by atoms with E-state index < -0.39 is 11.5 Å². The highest BCUT2D eigenvalue weighted by atomic mass is 35.5. The number of anilines is 1. The molecule has 1 aromatic carbocycles. The molecule has 3 heterocycles. The van der Waals surface area contributed by atoms with Crippen molar-refractivity contribution in [2.24, 2.45) is 0 Å². The first-order chi connectivity index (χ1) is 12.1. The molecule has 0 saturated heterocycles. The Kier molecular flexibility index (Phi) is 3.83. The number of carbonyl (C=O) groups is 1. The first-order valence-electron chi connectivity index (χ1n) is 7.22. The van der Waals surface area contributed by atoms with E-state index in [0.717, 1.165) is 4.88 Å². The molecule has 0 aliphatic rings. The molecule has 0 spiro atoms. The lowest BCUT2D eigenvalue weighted by molar-refractivity contribution is 0.102. The van der Waals surface area contributed by atoms with E-state index in [1.807, 2.05) is 17.5 Å². The van der Waals surface area contributed by atoms with Crippen LogP contribution in [0.15, 0.2) is 52.6 Å². The van der Waals surface area contributed by atoms with Crippen molar-refractivity contribution in [1.29, 1.82) is 0 Å². The summed E-state index contributed by atoms with van der Waals surface area (Å²) in [7, 11) is 0. The highest BCUT2D eigenvalue weighted by Crippen LogP contribution is 2.22. The lowest BCUT2D eigenvalue weighted by Crippen LogP contribution is -2.19. The molecule has 4 aromatic rings. The van der Waals surface area contributed by atoms with Gasteiger partial charge in [0, 0.05) is 6.07 Å². The number of thiophene rings is 1. The maximum atomic E-state index is 12.5. The van der Waals surface area contributed by atoms with E-state index in [2.05, 4.69) is 20.4 Å². The fourth-order valence-corrected chi connectivity index (χ4v) is 3.20. The van der Waals surface area contributed by atoms with E-state index in [1.54, 1.807) is 24.3 Å². The molecule has 7 nitrogen and oxygen atoms in total. The predicted octanol–water partition coefficient (Wildman–Crippen LogP) is 3.05. The van der Waals surface area contributed by atoms with Gasteiger partial charge in [-0.3, -0.25) is 14.6 Å². The molecule has 4 rings (SSSR count). The van der Waals surface area contributed by atoms with Crippen molar-refractivity contribution < 1.29 is 4.79 Å². The van der Waals surface area contributed by atoms with E-state index in [9.17, 15) is 9.59 Å². The third kappa shape index (κ3) is 2.92. The van der Waals surface area contributed by atoms with Crippen LogP contribution in [0, 0.1) is 0 Å². The van der Waals surface area contributed by atoms with Gasteiger partial charge in [-0.2, -0.15) is 9.50 Å². The fraction of sp³-hybridized carbons (Fsp3) is 0. The summed E-state index contributed by atoms with van der Waals surface area (Å²) in [5.74, 6) is 0.472. The van der Waals surface area contributed by atoms with Gasteiger partial charge in [0.1, 0.15) is 5.82 Å². The van der Waals surface area contributed by atoms with Gasteiger partial charge in [-0.1, -0.05) is 29.8 Å². The Hall–Kier alpha value is -2.97. The summed E-state index contributed by atoms with van der Waals surface area (Å²) in [5.41, 5.74) is -0.0942. The van der Waals surface area contributed by atoms with Crippen molar-refractivity contribution in [2.45, 2.75) is 0 Å². The van der Waals surface area contributed by atoms with Crippen LogP contribution < -0.4 is 10.9 Å². The first kappa shape index (κ1) is 15.6. The number of hydrogen-bond donors (Lipinski definition) is 2. The SMILES string of the molecule is O=C(Nc1cc(=O)[nH]c2nc(-c3cccs3)nn12)c1ccccc1Cl. The first-order valence-corrected chi connectivity index (χ1v) is 8.47. The van der Waals surface area contributed by atoms with Gasteiger partial charge in [0.05, 0.1) is 15.5 Å². The minimum atomic E-state index is -0.439. The molecule has 25 heavy (non-hydrogen) atoms. The van der Waals surface area contributed by atoms with Crippen molar-refractivity contribution in [2.75, 3.05) is 5.32 Å². The summed E-state index contributed by atoms with van der Waals surface area (Å²) in [4.78, 5) is 32.1. The van der Waals surface area contributed by atoms with Crippen molar-refractivity contribution >= 4 is 40.4 Å². The number of fused-ring (bicyclic) bond motifs is 1. The lowest BCUT2D eigenvalue weighted by atomic mass is 10.2. The second-order valence-corrected chi connectivity index (χ2v) is 6.46. The molecule has 0 saturated carbocycles. The Morgan fingerprint density at radius 3 is 2.84 bits per heavy atom. The van der Waals surface area contributed by atoms with Crippen molar-refractivity contribution in [3.8, 4) is 10.7 Å². The largest absolute Gasteiger partial charge is 0.306 e. The highest BCUT2D eigenvalue weighted by molar-refractivity contribution is 7.13. The topological polar surface area (TPSA) is 92.1 Å². The van der Waals surface area contributed by atoms with Gasteiger partial charge < -0.3 is 5.32 Å². The molecule has 3 aromatic heterocycles. The van der Waals surface area contributed by atoms with Crippen LogP contribution in [0.3, 0.4) is 0 Å². The molecular weight excluding hydrogens is 362 g/mol. The molecular formula is C16H10ClN5O2S. The average molecular weight is 372 g/mol. The normalized spacial score (nSPS) is 10.9. The van der Waals surface area contributed by atoms with Crippen LogP contribution in [-0.4, -0.2) is 25.5 Å². The van der Waals surface area contributed by atoms with Crippen LogP contribution in [-0.2, 0) is 0 Å². The van der Waals surface area contributed by atoms with Crippen molar-refractivity contribution in [3.05, 3.63) is 68.8 Å². The highest BCUT2D eigenvalue weighted by Gasteiger charge is 2.15. The zero-order valence-corrected chi connectivity index (χ0v) is 14.1. The van der Waals surface area contributed by atoms with Crippen LogP contribution >= 0.6 is 22.9 Å². The molecule has 0 aliphatic carbocycles. The van der Waals surface area contributed by atoms with Crippen molar-refractivity contribution in [1.82, 2.24) is 19.6 Å². The zero-order chi connectivity index (χ0) is 17.4. The van der Waals surface area contributed by atoms with E-state index in [4.69, 9.17) is 11.6 Å². The molecule has 0 atom stereocenters. The number of rotatable bonds is 3. The monoisotopic (exact) mass is 371 g/mol. The Morgan fingerprint density at radius 2 is 2.08 bits per heavy atom. The summed E-state index contributed by atoms with van der Waals surface area (Å²) in [6, 6.07) is 11.7. The van der Waals surface area contributed by atoms with E-state index >= 15 is 0 Å². The second-order valence-electron chi connectivity index (χ2n) is 5.10. The number of benzene rings is 1. The van der Waals surface area contributed by atoms with E-state index in [-0.39, 0.29) is 11.6 Å². The molecule has 0 aliphatic heterocycles. The van der Waals surface area contributed by atoms with E-state index in [0.29, 0.717) is 16.4 Å². The van der Waals surface area contributed by atoms with Crippen LogP contribution in [0.25, 0.3) is 16.5 Å². The summed E-state index contributed by atoms with van der Waals surface area (Å²) in [6.45, 7) is 0. The molecule has 124 valence electrons. The van der Waals surface area contributed by atoms with Gasteiger partial charge in [-0.05, 0) is 23.6 Å². The number of aromatic nitrogens is 4. The number of nitrogens with zero attached hydrogens (tertiary/aromatic N) is 3. The predicted molar refractivity (Wildman–Crippen MR) is 96.3 cm³/mol. The maximum absolute atomic E-state index is 12.5. The summed E-state index contributed by atoms with van der Waals surface area (Å²) in [5, 5.41) is 9.25. The number of H-pyrrole nitrogens is 1. The number of hydrogen-bond acceptors (Lipinski definition) is 5. The van der Waals surface area contributed by atoms with Gasteiger partial charge in [-0.15, -0.1) is 16.4 Å². The second kappa shape index (κ2) is 6.15. The third-order valence-corrected chi connectivity index (χ3v) is 4.64. The van der Waals surface area contributed by atoms with Gasteiger partial charge in [-0.25, -0.2) is 0 Å². The van der Waals surface area contributed by atoms with Gasteiger partial charge in [0.15, 0.2) is 5.82 Å². The minimum Gasteiger partial charge on any atom is -0.306 e. The van der Waals surface area contributed by atoms with Crippen molar-refractivity contribution in [3.63, 3.8) is 0 Å². The Morgan fingerprint density at radius 1 is 1.24 bits per heavy atom. The minimum absolute atomic E-state index is 0.207. The van der Waals surface area contributed by atoms with Gasteiger partial charge >= 0.3 is 0 Å². The van der Waals surface area contributed by atoms with Crippen LogP contribution in [0.4, 0.5) is 5.82 Å².